The average molecular weight is 493 g/mol. The zero-order valence-corrected chi connectivity index (χ0v) is 19.8. The minimum Gasteiger partial charge on any atom is -0.497 e. The van der Waals surface area contributed by atoms with Crippen LogP contribution in [-0.4, -0.2) is 38.2 Å². The van der Waals surface area contributed by atoms with Crippen molar-refractivity contribution < 1.29 is 17.9 Å². The number of carbonyl (C=O) groups excluding carboxylic acids is 1. The second kappa shape index (κ2) is 10.1. The van der Waals surface area contributed by atoms with E-state index in [1.807, 2.05) is 6.92 Å². The number of ether oxygens (including phenoxy) is 1. The zero-order chi connectivity index (χ0) is 23.3. The first kappa shape index (κ1) is 23.7. The van der Waals surface area contributed by atoms with Gasteiger partial charge in [0.2, 0.25) is 5.13 Å². The van der Waals surface area contributed by atoms with Crippen LogP contribution in [0, 0.1) is 0 Å². The number of hydrogen-bond acceptors (Lipinski definition) is 7. The summed E-state index contributed by atoms with van der Waals surface area (Å²) < 4.78 is 33.2. The van der Waals surface area contributed by atoms with Gasteiger partial charge >= 0.3 is 0 Å². The maximum atomic E-state index is 13.4. The van der Waals surface area contributed by atoms with E-state index in [-0.39, 0.29) is 22.0 Å². The molecule has 2 aromatic carbocycles. The summed E-state index contributed by atoms with van der Waals surface area (Å²) in [6, 6.07) is 10.6. The molecule has 0 aliphatic rings. The number of halogens is 1. The Hall–Kier alpha value is -2.95. The number of rotatable bonds is 9. The zero-order valence-electron chi connectivity index (χ0n) is 17.4. The standard InChI is InChI=1S/C21H21ClN4O4S2/c1-4-12-26(14-6-8-15(30-3)9-7-14)32(28,29)16-10-11-18(22)17(13-16)20(27)23-21-25-24-19(5-2)31-21/h4,6-11,13H,1,5,12H2,2-3H3,(H,23,25,27). The number of aromatic nitrogens is 2. The van der Waals surface area contributed by atoms with Crippen LogP contribution in [0.3, 0.4) is 0 Å². The molecular weight excluding hydrogens is 472 g/mol. The predicted molar refractivity (Wildman–Crippen MR) is 126 cm³/mol. The van der Waals surface area contributed by atoms with Crippen molar-refractivity contribution in [2.24, 2.45) is 0 Å². The summed E-state index contributed by atoms with van der Waals surface area (Å²) >= 11 is 7.44. The third kappa shape index (κ3) is 5.09. The predicted octanol–water partition coefficient (Wildman–Crippen LogP) is 4.40. The number of anilines is 2. The highest BCUT2D eigenvalue weighted by Gasteiger charge is 2.26. The van der Waals surface area contributed by atoms with E-state index in [1.54, 1.807) is 24.3 Å². The van der Waals surface area contributed by atoms with Crippen molar-refractivity contribution in [3.05, 3.63) is 70.7 Å². The Balaban J connectivity index is 1.95. The molecule has 1 heterocycles. The molecule has 168 valence electrons. The van der Waals surface area contributed by atoms with Gasteiger partial charge in [0.05, 0.1) is 34.8 Å². The highest BCUT2D eigenvalue weighted by molar-refractivity contribution is 7.92. The Bertz CT molecular complexity index is 1230. The summed E-state index contributed by atoms with van der Waals surface area (Å²) in [5, 5.41) is 11.7. The Morgan fingerprint density at radius 2 is 1.97 bits per heavy atom. The van der Waals surface area contributed by atoms with Gasteiger partial charge in [-0.05, 0) is 48.9 Å². The summed E-state index contributed by atoms with van der Waals surface area (Å²) in [6.45, 7) is 5.61. The number of nitrogens with zero attached hydrogens (tertiary/aromatic N) is 3. The number of amides is 1. The van der Waals surface area contributed by atoms with Gasteiger partial charge < -0.3 is 4.74 Å². The fraction of sp³-hybridized carbons (Fsp3) is 0.190. The molecule has 0 fully saturated rings. The van der Waals surface area contributed by atoms with E-state index in [1.165, 1.54) is 47.0 Å². The fourth-order valence-electron chi connectivity index (χ4n) is 2.79. The SMILES string of the molecule is C=CCN(c1ccc(OC)cc1)S(=O)(=O)c1ccc(Cl)c(C(=O)Nc2nnc(CC)s2)c1. The lowest BCUT2D eigenvalue weighted by molar-refractivity contribution is 0.102. The molecule has 0 saturated carbocycles. The molecule has 0 aliphatic carbocycles. The van der Waals surface area contributed by atoms with Gasteiger partial charge in [-0.3, -0.25) is 14.4 Å². The molecule has 1 amide bonds. The Morgan fingerprint density at radius 1 is 1.25 bits per heavy atom. The fourth-order valence-corrected chi connectivity index (χ4v) is 5.13. The first-order chi connectivity index (χ1) is 15.3. The number of carbonyl (C=O) groups is 1. The minimum absolute atomic E-state index is 0.00859. The molecule has 0 spiro atoms. The van der Waals surface area contributed by atoms with E-state index in [0.29, 0.717) is 23.0 Å². The van der Waals surface area contributed by atoms with Crippen molar-refractivity contribution in [1.82, 2.24) is 10.2 Å². The molecule has 3 rings (SSSR count). The van der Waals surface area contributed by atoms with Gasteiger partial charge in [-0.2, -0.15) is 0 Å². The summed E-state index contributed by atoms with van der Waals surface area (Å²) in [4.78, 5) is 12.7. The van der Waals surface area contributed by atoms with Crippen LogP contribution < -0.4 is 14.4 Å². The molecule has 0 unspecified atom stereocenters. The highest BCUT2D eigenvalue weighted by atomic mass is 35.5. The Labute approximate surface area is 195 Å². The van der Waals surface area contributed by atoms with Crippen molar-refractivity contribution in [3.63, 3.8) is 0 Å². The van der Waals surface area contributed by atoms with Crippen molar-refractivity contribution in [2.75, 3.05) is 23.3 Å². The van der Waals surface area contributed by atoms with E-state index in [9.17, 15) is 13.2 Å². The molecule has 0 aliphatic heterocycles. The molecule has 32 heavy (non-hydrogen) atoms. The maximum Gasteiger partial charge on any atom is 0.264 e. The van der Waals surface area contributed by atoms with Crippen molar-refractivity contribution >= 4 is 49.7 Å². The molecule has 1 N–H and O–H groups in total. The van der Waals surface area contributed by atoms with E-state index >= 15 is 0 Å². The topological polar surface area (TPSA) is 101 Å². The summed E-state index contributed by atoms with van der Waals surface area (Å²) in [7, 11) is -2.50. The molecule has 3 aromatic rings. The third-order valence-electron chi connectivity index (χ3n) is 4.42. The molecule has 0 bridgehead atoms. The average Bonchev–Trinajstić information content (AvgIpc) is 3.25. The van der Waals surface area contributed by atoms with E-state index < -0.39 is 15.9 Å². The van der Waals surface area contributed by atoms with Crippen LogP contribution >= 0.6 is 22.9 Å². The molecule has 1 aromatic heterocycles. The summed E-state index contributed by atoms with van der Waals surface area (Å²) in [5.41, 5.74) is 0.432. The van der Waals surface area contributed by atoms with Gasteiger partial charge in [0.25, 0.3) is 15.9 Å². The molecule has 8 nitrogen and oxygen atoms in total. The Morgan fingerprint density at radius 3 is 2.56 bits per heavy atom. The lowest BCUT2D eigenvalue weighted by Gasteiger charge is -2.23. The van der Waals surface area contributed by atoms with Gasteiger partial charge in [-0.15, -0.1) is 16.8 Å². The minimum atomic E-state index is -4.02. The Kier molecular flexibility index (Phi) is 7.49. The normalized spacial score (nSPS) is 11.1. The second-order valence-electron chi connectivity index (χ2n) is 6.47. The largest absolute Gasteiger partial charge is 0.497 e. The van der Waals surface area contributed by atoms with Crippen molar-refractivity contribution in [1.29, 1.82) is 0 Å². The van der Waals surface area contributed by atoms with Crippen LogP contribution in [0.4, 0.5) is 10.8 Å². The van der Waals surface area contributed by atoms with Crippen LogP contribution in [-0.2, 0) is 16.4 Å². The quantitative estimate of drug-likeness (QED) is 0.444. The highest BCUT2D eigenvalue weighted by Crippen LogP contribution is 2.29. The third-order valence-corrected chi connectivity index (χ3v) is 7.52. The van der Waals surface area contributed by atoms with Gasteiger partial charge in [0.15, 0.2) is 0 Å². The van der Waals surface area contributed by atoms with Crippen LogP contribution in [0.1, 0.15) is 22.3 Å². The molecule has 11 heteroatoms. The number of nitrogens with one attached hydrogen (secondary N) is 1. The van der Waals surface area contributed by atoms with Crippen LogP contribution in [0.5, 0.6) is 5.75 Å². The lowest BCUT2D eigenvalue weighted by atomic mass is 10.2. The number of aryl methyl sites for hydroxylation is 1. The van der Waals surface area contributed by atoms with Gasteiger partial charge in [0, 0.05) is 0 Å². The number of sulfonamides is 1. The van der Waals surface area contributed by atoms with Gasteiger partial charge in [-0.1, -0.05) is 35.9 Å². The van der Waals surface area contributed by atoms with Crippen LogP contribution in [0.25, 0.3) is 0 Å². The van der Waals surface area contributed by atoms with Crippen LogP contribution in [0.15, 0.2) is 60.0 Å². The lowest BCUT2D eigenvalue weighted by Crippen LogP contribution is -2.31. The van der Waals surface area contributed by atoms with Crippen molar-refractivity contribution in [2.45, 2.75) is 18.2 Å². The molecule has 0 radical (unpaired) electrons. The van der Waals surface area contributed by atoms with Crippen LogP contribution in [0.2, 0.25) is 5.02 Å². The first-order valence-electron chi connectivity index (χ1n) is 9.51. The smallest absolute Gasteiger partial charge is 0.264 e. The summed E-state index contributed by atoms with van der Waals surface area (Å²) in [6.07, 6.45) is 2.17. The number of methoxy groups -OCH3 is 1. The van der Waals surface area contributed by atoms with E-state index in [0.717, 1.165) is 5.01 Å². The van der Waals surface area contributed by atoms with Crippen molar-refractivity contribution in [3.8, 4) is 5.75 Å². The molecule has 0 atom stereocenters. The van der Waals surface area contributed by atoms with E-state index in [4.69, 9.17) is 16.3 Å². The number of benzene rings is 2. The van der Waals surface area contributed by atoms with Gasteiger partial charge in [0.1, 0.15) is 10.8 Å². The second-order valence-corrected chi connectivity index (χ2v) is 9.80. The molecule has 0 saturated heterocycles. The van der Waals surface area contributed by atoms with Gasteiger partial charge in [-0.25, -0.2) is 8.42 Å². The first-order valence-corrected chi connectivity index (χ1v) is 12.1. The monoisotopic (exact) mass is 492 g/mol. The maximum absolute atomic E-state index is 13.4. The van der Waals surface area contributed by atoms with E-state index in [2.05, 4.69) is 22.1 Å². The molecular formula is C21H21ClN4O4S2. The summed E-state index contributed by atoms with van der Waals surface area (Å²) in [5.74, 6) is 0.0172. The number of hydrogen-bond donors (Lipinski definition) is 1.